The molecule has 1 atom stereocenters. The van der Waals surface area contributed by atoms with Crippen LogP contribution in [0.1, 0.15) is 34.5 Å². The Bertz CT molecular complexity index is 1420. The first-order valence-corrected chi connectivity index (χ1v) is 12.0. The van der Waals surface area contributed by atoms with Gasteiger partial charge in [-0.1, -0.05) is 42.5 Å². The molecule has 0 aliphatic rings. The van der Waals surface area contributed by atoms with Crippen molar-refractivity contribution < 1.29 is 13.2 Å². The number of amides is 1. The number of aromatic nitrogens is 1. The highest BCUT2D eigenvalue weighted by Gasteiger charge is 2.28. The molecule has 0 saturated carbocycles. The van der Waals surface area contributed by atoms with E-state index < -0.39 is 16.1 Å². The minimum Gasteiger partial charge on any atom is -0.322 e. The fraction of sp³-hybridized carbons (Fsp3) is 0.154. The van der Waals surface area contributed by atoms with E-state index in [4.69, 9.17) is 0 Å². The van der Waals surface area contributed by atoms with Gasteiger partial charge in [0.2, 0.25) is 10.0 Å². The maximum Gasteiger partial charge on any atom is 0.255 e. The fourth-order valence-corrected chi connectivity index (χ4v) is 5.21. The van der Waals surface area contributed by atoms with Crippen LogP contribution in [0.2, 0.25) is 0 Å². The lowest BCUT2D eigenvalue weighted by Gasteiger charge is -2.25. The molecule has 0 aliphatic heterocycles. The van der Waals surface area contributed by atoms with Crippen LogP contribution >= 0.6 is 0 Å². The van der Waals surface area contributed by atoms with Crippen LogP contribution in [-0.4, -0.2) is 30.7 Å². The molecule has 4 rings (SSSR count). The van der Waals surface area contributed by atoms with Crippen LogP contribution in [0.5, 0.6) is 0 Å². The van der Waals surface area contributed by atoms with Gasteiger partial charge in [-0.2, -0.15) is 4.31 Å². The maximum absolute atomic E-state index is 13.5. The number of carbonyl (C=O) groups is 1. The second-order valence-corrected chi connectivity index (χ2v) is 9.95. The molecule has 3 aromatic carbocycles. The Morgan fingerprint density at radius 3 is 2.45 bits per heavy atom. The van der Waals surface area contributed by atoms with Gasteiger partial charge in [-0.05, 0) is 61.4 Å². The van der Waals surface area contributed by atoms with E-state index in [1.807, 2.05) is 38.1 Å². The van der Waals surface area contributed by atoms with Crippen molar-refractivity contribution in [3.05, 3.63) is 102 Å². The molecule has 33 heavy (non-hydrogen) atoms. The SMILES string of the molecule is Cc1cnc2c(S(=O)(=O)N(C)[C@@H](C)c3cccc(NC(=O)c4ccccc4)c3)cccc2c1. The lowest BCUT2D eigenvalue weighted by molar-refractivity contribution is 0.102. The minimum absolute atomic E-state index is 0.169. The number of benzene rings is 3. The average molecular weight is 460 g/mol. The van der Waals surface area contributed by atoms with Gasteiger partial charge in [-0.25, -0.2) is 8.42 Å². The van der Waals surface area contributed by atoms with Crippen molar-refractivity contribution >= 4 is 32.5 Å². The third-order valence-electron chi connectivity index (χ3n) is 5.68. The maximum atomic E-state index is 13.5. The zero-order valence-corrected chi connectivity index (χ0v) is 19.5. The minimum atomic E-state index is -3.82. The average Bonchev–Trinajstić information content (AvgIpc) is 2.83. The quantitative estimate of drug-likeness (QED) is 0.431. The zero-order chi connectivity index (χ0) is 23.6. The van der Waals surface area contributed by atoms with Crippen molar-refractivity contribution in [1.82, 2.24) is 9.29 Å². The summed E-state index contributed by atoms with van der Waals surface area (Å²) < 4.78 is 28.4. The van der Waals surface area contributed by atoms with Crippen molar-refractivity contribution in [1.29, 1.82) is 0 Å². The summed E-state index contributed by atoms with van der Waals surface area (Å²) in [6.07, 6.45) is 1.67. The molecule has 0 fully saturated rings. The van der Waals surface area contributed by atoms with Crippen molar-refractivity contribution in [3.8, 4) is 0 Å². The van der Waals surface area contributed by atoms with Crippen LogP contribution in [0.15, 0.2) is 90.0 Å². The second-order valence-electron chi connectivity index (χ2n) is 7.98. The van der Waals surface area contributed by atoms with Gasteiger partial charge in [0, 0.05) is 35.9 Å². The first-order valence-electron chi connectivity index (χ1n) is 10.6. The number of carbonyl (C=O) groups excluding carboxylic acids is 1. The number of hydrogen-bond acceptors (Lipinski definition) is 4. The lowest BCUT2D eigenvalue weighted by atomic mass is 10.1. The van der Waals surface area contributed by atoms with E-state index >= 15 is 0 Å². The third-order valence-corrected chi connectivity index (χ3v) is 7.64. The van der Waals surface area contributed by atoms with E-state index in [0.717, 1.165) is 16.5 Å². The van der Waals surface area contributed by atoms with Crippen molar-refractivity contribution in [2.45, 2.75) is 24.8 Å². The molecule has 0 radical (unpaired) electrons. The zero-order valence-electron chi connectivity index (χ0n) is 18.7. The molecular weight excluding hydrogens is 434 g/mol. The summed E-state index contributed by atoms with van der Waals surface area (Å²) >= 11 is 0. The number of nitrogens with one attached hydrogen (secondary N) is 1. The van der Waals surface area contributed by atoms with Crippen LogP contribution in [0.4, 0.5) is 5.69 Å². The molecule has 7 heteroatoms. The Balaban J connectivity index is 1.61. The van der Waals surface area contributed by atoms with Crippen LogP contribution in [-0.2, 0) is 10.0 Å². The summed E-state index contributed by atoms with van der Waals surface area (Å²) in [4.78, 5) is 17.1. The molecule has 0 saturated heterocycles. The highest BCUT2D eigenvalue weighted by atomic mass is 32.2. The van der Waals surface area contributed by atoms with E-state index in [1.165, 1.54) is 4.31 Å². The Morgan fingerprint density at radius 1 is 0.970 bits per heavy atom. The molecule has 1 heterocycles. The molecule has 1 N–H and O–H groups in total. The van der Waals surface area contributed by atoms with Gasteiger partial charge in [0.15, 0.2) is 0 Å². The van der Waals surface area contributed by atoms with Crippen LogP contribution in [0.25, 0.3) is 10.9 Å². The predicted molar refractivity (Wildman–Crippen MR) is 131 cm³/mol. The topological polar surface area (TPSA) is 79.4 Å². The van der Waals surface area contributed by atoms with E-state index in [2.05, 4.69) is 10.3 Å². The first kappa shape index (κ1) is 22.6. The number of pyridine rings is 1. The van der Waals surface area contributed by atoms with E-state index in [1.54, 1.807) is 67.8 Å². The van der Waals surface area contributed by atoms with Crippen LogP contribution in [0, 0.1) is 6.92 Å². The van der Waals surface area contributed by atoms with Crippen LogP contribution < -0.4 is 5.32 Å². The van der Waals surface area contributed by atoms with Crippen molar-refractivity contribution in [3.63, 3.8) is 0 Å². The van der Waals surface area contributed by atoms with Gasteiger partial charge in [-0.15, -0.1) is 0 Å². The fourth-order valence-electron chi connectivity index (χ4n) is 3.69. The van der Waals surface area contributed by atoms with E-state index in [0.29, 0.717) is 16.8 Å². The van der Waals surface area contributed by atoms with Gasteiger partial charge in [-0.3, -0.25) is 9.78 Å². The van der Waals surface area contributed by atoms with Crippen LogP contribution in [0.3, 0.4) is 0 Å². The number of fused-ring (bicyclic) bond motifs is 1. The summed E-state index contributed by atoms with van der Waals surface area (Å²) in [5.41, 5.74) is 3.32. The number of hydrogen-bond donors (Lipinski definition) is 1. The molecule has 4 aromatic rings. The van der Waals surface area contributed by atoms with E-state index in [9.17, 15) is 13.2 Å². The molecule has 1 amide bonds. The summed E-state index contributed by atoms with van der Waals surface area (Å²) in [5.74, 6) is -0.224. The van der Waals surface area contributed by atoms with Gasteiger partial charge < -0.3 is 5.32 Å². The lowest BCUT2D eigenvalue weighted by Crippen LogP contribution is -2.30. The molecule has 0 aliphatic carbocycles. The monoisotopic (exact) mass is 459 g/mol. The van der Waals surface area contributed by atoms with Gasteiger partial charge in [0.05, 0.1) is 5.52 Å². The third kappa shape index (κ3) is 4.65. The number of sulfonamides is 1. The largest absolute Gasteiger partial charge is 0.322 e. The highest BCUT2D eigenvalue weighted by Crippen LogP contribution is 2.30. The standard InChI is InChI=1S/C26H25N3O3S/c1-18-15-22-12-8-14-24(25(22)27-17-18)33(31,32)29(3)19(2)21-11-7-13-23(16-21)28-26(30)20-9-5-4-6-10-20/h4-17,19H,1-3H3,(H,28,30)/t19-/m0/s1. The number of para-hydroxylation sites is 1. The van der Waals surface area contributed by atoms with Gasteiger partial charge >= 0.3 is 0 Å². The number of nitrogens with zero attached hydrogens (tertiary/aromatic N) is 2. The van der Waals surface area contributed by atoms with E-state index in [-0.39, 0.29) is 10.8 Å². The Morgan fingerprint density at radius 2 is 1.70 bits per heavy atom. The molecule has 0 spiro atoms. The van der Waals surface area contributed by atoms with Crippen molar-refractivity contribution in [2.24, 2.45) is 0 Å². The summed E-state index contributed by atoms with van der Waals surface area (Å²) in [5, 5.41) is 3.66. The number of anilines is 1. The number of rotatable bonds is 6. The predicted octanol–water partition coefficient (Wildman–Crippen LogP) is 5.18. The molecule has 6 nitrogen and oxygen atoms in total. The van der Waals surface area contributed by atoms with Gasteiger partial charge in [0.1, 0.15) is 4.90 Å². The Kier molecular flexibility index (Phi) is 6.26. The summed E-state index contributed by atoms with van der Waals surface area (Å²) in [6.45, 7) is 3.74. The normalized spacial score (nSPS) is 12.6. The van der Waals surface area contributed by atoms with Crippen molar-refractivity contribution in [2.75, 3.05) is 12.4 Å². The highest BCUT2D eigenvalue weighted by molar-refractivity contribution is 7.89. The molecule has 0 unspecified atom stereocenters. The molecular formula is C26H25N3O3S. The Labute approximate surface area is 194 Å². The molecule has 168 valence electrons. The first-order chi connectivity index (χ1) is 15.8. The number of aryl methyl sites for hydroxylation is 1. The molecule has 1 aromatic heterocycles. The molecule has 0 bridgehead atoms. The smallest absolute Gasteiger partial charge is 0.255 e. The summed E-state index contributed by atoms with van der Waals surface area (Å²) in [6, 6.07) is 22.8. The summed E-state index contributed by atoms with van der Waals surface area (Å²) in [7, 11) is -2.26. The second kappa shape index (κ2) is 9.13. The Hall–Kier alpha value is -3.55. The van der Waals surface area contributed by atoms with Gasteiger partial charge in [0.25, 0.3) is 5.91 Å².